The monoisotopic (exact) mass is 355 g/mol. The zero-order valence-corrected chi connectivity index (χ0v) is 16.0. The summed E-state index contributed by atoms with van der Waals surface area (Å²) in [5, 5.41) is 0. The van der Waals surface area contributed by atoms with Crippen molar-refractivity contribution < 1.29 is 0 Å². The van der Waals surface area contributed by atoms with Crippen molar-refractivity contribution in [2.75, 3.05) is 18.2 Å². The maximum atomic E-state index is 4.96. The highest BCUT2D eigenvalue weighted by atomic mass is 15.4. The Kier molecular flexibility index (Phi) is 5.03. The summed E-state index contributed by atoms with van der Waals surface area (Å²) in [6.07, 6.45) is 0. The molecule has 0 saturated carbocycles. The van der Waals surface area contributed by atoms with E-state index in [9.17, 15) is 0 Å². The molecule has 1 heterocycles. The zero-order valence-electron chi connectivity index (χ0n) is 16.0. The molecule has 0 N–H and O–H groups in total. The number of nitrogens with zero attached hydrogens (tertiary/aromatic N) is 3. The standard InChI is InChI=1S/C24H25N3/c1-19-13-14-23(15-20(19)2)27-18-26(16-21-9-5-3-6-10-21)17-25-24(27)22-11-7-4-8-12-22/h3-15H,16-18H2,1-2H3. The van der Waals surface area contributed by atoms with Gasteiger partial charge in [0.1, 0.15) is 5.84 Å². The Morgan fingerprint density at radius 2 is 1.52 bits per heavy atom. The Balaban J connectivity index is 1.67. The Morgan fingerprint density at radius 1 is 0.815 bits per heavy atom. The Labute approximate surface area is 161 Å². The maximum Gasteiger partial charge on any atom is 0.137 e. The van der Waals surface area contributed by atoms with Crippen molar-refractivity contribution in [3.05, 3.63) is 101 Å². The van der Waals surface area contributed by atoms with Crippen molar-refractivity contribution >= 4 is 11.5 Å². The van der Waals surface area contributed by atoms with Crippen LogP contribution in [0, 0.1) is 13.8 Å². The van der Waals surface area contributed by atoms with Crippen LogP contribution < -0.4 is 4.90 Å². The number of hydrogen-bond donors (Lipinski definition) is 0. The van der Waals surface area contributed by atoms with E-state index in [4.69, 9.17) is 4.99 Å². The van der Waals surface area contributed by atoms with Gasteiger partial charge in [0.05, 0.1) is 13.3 Å². The van der Waals surface area contributed by atoms with Crippen molar-refractivity contribution in [2.45, 2.75) is 20.4 Å². The molecule has 1 aliphatic heterocycles. The average Bonchev–Trinajstić information content (AvgIpc) is 2.71. The molecule has 0 atom stereocenters. The van der Waals surface area contributed by atoms with Gasteiger partial charge in [-0.15, -0.1) is 0 Å². The Morgan fingerprint density at radius 3 is 2.22 bits per heavy atom. The molecule has 3 heteroatoms. The lowest BCUT2D eigenvalue weighted by Crippen LogP contribution is -2.46. The van der Waals surface area contributed by atoms with Crippen molar-refractivity contribution in [3.8, 4) is 0 Å². The highest BCUT2D eigenvalue weighted by Crippen LogP contribution is 2.24. The number of rotatable bonds is 4. The van der Waals surface area contributed by atoms with Gasteiger partial charge in [-0.05, 0) is 42.7 Å². The molecule has 0 fully saturated rings. The second kappa shape index (κ2) is 7.77. The molecule has 1 aliphatic rings. The third-order valence-corrected chi connectivity index (χ3v) is 5.10. The largest absolute Gasteiger partial charge is 0.313 e. The number of hydrogen-bond acceptors (Lipinski definition) is 3. The average molecular weight is 355 g/mol. The molecule has 4 rings (SSSR count). The SMILES string of the molecule is Cc1ccc(N2CN(Cc3ccccc3)CN=C2c2ccccc2)cc1C. The van der Waals surface area contributed by atoms with E-state index in [1.165, 1.54) is 22.4 Å². The topological polar surface area (TPSA) is 18.8 Å². The summed E-state index contributed by atoms with van der Waals surface area (Å²) < 4.78 is 0. The lowest BCUT2D eigenvalue weighted by Gasteiger charge is -2.36. The first-order valence-electron chi connectivity index (χ1n) is 9.41. The number of aliphatic imine (C=N–C) groups is 1. The highest BCUT2D eigenvalue weighted by Gasteiger charge is 2.23. The van der Waals surface area contributed by atoms with Crippen molar-refractivity contribution in [1.29, 1.82) is 0 Å². The fourth-order valence-corrected chi connectivity index (χ4v) is 3.44. The van der Waals surface area contributed by atoms with Gasteiger partial charge >= 0.3 is 0 Å². The predicted molar refractivity (Wildman–Crippen MR) is 113 cm³/mol. The summed E-state index contributed by atoms with van der Waals surface area (Å²) in [6, 6.07) is 27.8. The zero-order chi connectivity index (χ0) is 18.6. The number of anilines is 1. The van der Waals surface area contributed by atoms with Gasteiger partial charge in [-0.2, -0.15) is 0 Å². The van der Waals surface area contributed by atoms with E-state index < -0.39 is 0 Å². The van der Waals surface area contributed by atoms with E-state index in [-0.39, 0.29) is 0 Å². The Hall–Kier alpha value is -2.91. The summed E-state index contributed by atoms with van der Waals surface area (Å²) in [7, 11) is 0. The number of benzene rings is 3. The fraction of sp³-hybridized carbons (Fsp3) is 0.208. The molecule has 0 spiro atoms. The van der Waals surface area contributed by atoms with Gasteiger partial charge in [-0.1, -0.05) is 66.7 Å². The molecule has 136 valence electrons. The molecule has 3 nitrogen and oxygen atoms in total. The summed E-state index contributed by atoms with van der Waals surface area (Å²) in [5.74, 6) is 1.04. The number of amidine groups is 1. The van der Waals surface area contributed by atoms with Crippen molar-refractivity contribution in [3.63, 3.8) is 0 Å². The van der Waals surface area contributed by atoms with Crippen LogP contribution in [0.25, 0.3) is 0 Å². The molecule has 0 bridgehead atoms. The van der Waals surface area contributed by atoms with Gasteiger partial charge in [0.25, 0.3) is 0 Å². The molecule has 0 radical (unpaired) electrons. The van der Waals surface area contributed by atoms with Crippen LogP contribution in [-0.2, 0) is 6.54 Å². The summed E-state index contributed by atoms with van der Waals surface area (Å²) in [6.45, 7) is 6.76. The second-order valence-electron chi connectivity index (χ2n) is 7.14. The van der Waals surface area contributed by atoms with Gasteiger partial charge in [0.15, 0.2) is 0 Å². The van der Waals surface area contributed by atoms with Gasteiger partial charge in [-0.3, -0.25) is 9.89 Å². The van der Waals surface area contributed by atoms with Gasteiger partial charge in [-0.25, -0.2) is 0 Å². The summed E-state index contributed by atoms with van der Waals surface area (Å²) in [5.41, 5.74) is 6.29. The van der Waals surface area contributed by atoms with E-state index in [0.29, 0.717) is 6.67 Å². The number of aryl methyl sites for hydroxylation is 2. The van der Waals surface area contributed by atoms with Gasteiger partial charge in [0, 0.05) is 17.8 Å². The van der Waals surface area contributed by atoms with Crippen LogP contribution in [0.2, 0.25) is 0 Å². The first-order valence-corrected chi connectivity index (χ1v) is 9.41. The Bertz CT molecular complexity index is 932. The third kappa shape index (κ3) is 3.93. The molecule has 0 aliphatic carbocycles. The second-order valence-corrected chi connectivity index (χ2v) is 7.14. The molecular formula is C24H25N3. The van der Waals surface area contributed by atoms with E-state index in [1.54, 1.807) is 0 Å². The summed E-state index contributed by atoms with van der Waals surface area (Å²) >= 11 is 0. The van der Waals surface area contributed by atoms with Crippen LogP contribution in [-0.4, -0.2) is 24.1 Å². The maximum absolute atomic E-state index is 4.96. The first kappa shape index (κ1) is 17.5. The van der Waals surface area contributed by atoms with E-state index in [0.717, 1.165) is 24.6 Å². The van der Waals surface area contributed by atoms with Crippen LogP contribution in [0.1, 0.15) is 22.3 Å². The molecule has 0 saturated heterocycles. The fourth-order valence-electron chi connectivity index (χ4n) is 3.44. The van der Waals surface area contributed by atoms with Crippen molar-refractivity contribution in [2.24, 2.45) is 4.99 Å². The quantitative estimate of drug-likeness (QED) is 0.657. The van der Waals surface area contributed by atoms with Crippen LogP contribution in [0.15, 0.2) is 83.9 Å². The molecule has 0 aromatic heterocycles. The minimum absolute atomic E-state index is 0.709. The van der Waals surface area contributed by atoms with Crippen LogP contribution in [0.5, 0.6) is 0 Å². The molecule has 0 amide bonds. The van der Waals surface area contributed by atoms with E-state index in [2.05, 4.69) is 103 Å². The minimum Gasteiger partial charge on any atom is -0.313 e. The lowest BCUT2D eigenvalue weighted by atomic mass is 10.1. The molecular weight excluding hydrogens is 330 g/mol. The molecule has 3 aromatic rings. The first-order chi connectivity index (χ1) is 13.2. The highest BCUT2D eigenvalue weighted by molar-refractivity contribution is 6.10. The predicted octanol–water partition coefficient (Wildman–Crippen LogP) is 4.99. The van der Waals surface area contributed by atoms with Crippen LogP contribution >= 0.6 is 0 Å². The van der Waals surface area contributed by atoms with Crippen LogP contribution in [0.4, 0.5) is 5.69 Å². The van der Waals surface area contributed by atoms with Crippen LogP contribution in [0.3, 0.4) is 0 Å². The van der Waals surface area contributed by atoms with Crippen molar-refractivity contribution in [1.82, 2.24) is 4.90 Å². The van der Waals surface area contributed by atoms with Gasteiger partial charge in [0.2, 0.25) is 0 Å². The van der Waals surface area contributed by atoms with E-state index in [1.807, 2.05) is 0 Å². The lowest BCUT2D eigenvalue weighted by molar-refractivity contribution is 0.273. The summed E-state index contributed by atoms with van der Waals surface area (Å²) in [4.78, 5) is 9.66. The smallest absolute Gasteiger partial charge is 0.137 e. The van der Waals surface area contributed by atoms with Gasteiger partial charge < -0.3 is 4.90 Å². The minimum atomic E-state index is 0.709. The van der Waals surface area contributed by atoms with E-state index >= 15 is 0 Å². The molecule has 3 aromatic carbocycles. The third-order valence-electron chi connectivity index (χ3n) is 5.10. The molecule has 0 unspecified atom stereocenters. The molecule has 27 heavy (non-hydrogen) atoms. The normalized spacial score (nSPS) is 14.9.